The standard InChI is InChI=1S/C21H21FN4O2/c1-2-16-13-25(11-12-26(16)21(27)28)20-18-6-4-3-5-17(18)19(23-24-20)14-7-9-15(22)10-8-14/h3-10,16H,2,11-13H2,1H3,(H,27,28). The average molecular weight is 380 g/mol. The van der Waals surface area contributed by atoms with E-state index in [1.165, 1.54) is 17.0 Å². The van der Waals surface area contributed by atoms with E-state index >= 15 is 0 Å². The third-order valence-electron chi connectivity index (χ3n) is 5.28. The van der Waals surface area contributed by atoms with Crippen LogP contribution in [0.2, 0.25) is 0 Å². The molecule has 0 aliphatic carbocycles. The van der Waals surface area contributed by atoms with Gasteiger partial charge in [0.25, 0.3) is 0 Å². The van der Waals surface area contributed by atoms with Crippen molar-refractivity contribution in [2.45, 2.75) is 19.4 Å². The summed E-state index contributed by atoms with van der Waals surface area (Å²) in [5, 5.41) is 20.2. The maximum Gasteiger partial charge on any atom is 0.407 e. The molecule has 0 spiro atoms. The van der Waals surface area contributed by atoms with Gasteiger partial charge in [-0.05, 0) is 30.7 Å². The molecule has 6 nitrogen and oxygen atoms in total. The van der Waals surface area contributed by atoms with Gasteiger partial charge in [0.1, 0.15) is 11.5 Å². The lowest BCUT2D eigenvalue weighted by Crippen LogP contribution is -2.55. The third kappa shape index (κ3) is 3.24. The van der Waals surface area contributed by atoms with E-state index < -0.39 is 6.09 Å². The number of hydrogen-bond donors (Lipinski definition) is 1. The Morgan fingerprint density at radius 3 is 2.50 bits per heavy atom. The summed E-state index contributed by atoms with van der Waals surface area (Å²) in [7, 11) is 0. The second kappa shape index (κ2) is 7.42. The fraction of sp³-hybridized carbons (Fsp3) is 0.286. The van der Waals surface area contributed by atoms with Gasteiger partial charge in [-0.1, -0.05) is 31.2 Å². The van der Waals surface area contributed by atoms with Crippen LogP contribution < -0.4 is 4.90 Å². The molecule has 7 heteroatoms. The summed E-state index contributed by atoms with van der Waals surface area (Å²) in [6, 6.07) is 14.0. The number of piperazine rings is 1. The molecule has 2 aromatic carbocycles. The zero-order valence-electron chi connectivity index (χ0n) is 15.5. The van der Waals surface area contributed by atoms with Crippen molar-refractivity contribution in [3.8, 4) is 11.3 Å². The Hall–Kier alpha value is -3.22. The van der Waals surface area contributed by atoms with Crippen molar-refractivity contribution in [3.05, 3.63) is 54.3 Å². The minimum absolute atomic E-state index is 0.0800. The monoisotopic (exact) mass is 380 g/mol. The molecule has 2 heterocycles. The second-order valence-corrected chi connectivity index (χ2v) is 6.91. The molecule has 0 saturated carbocycles. The molecule has 1 unspecified atom stereocenters. The molecule has 4 rings (SSSR count). The second-order valence-electron chi connectivity index (χ2n) is 6.91. The Morgan fingerprint density at radius 1 is 1.11 bits per heavy atom. The largest absolute Gasteiger partial charge is 0.465 e. The maximum absolute atomic E-state index is 13.3. The number of fused-ring (bicyclic) bond motifs is 1. The van der Waals surface area contributed by atoms with Gasteiger partial charge in [-0.3, -0.25) is 0 Å². The number of hydrogen-bond acceptors (Lipinski definition) is 4. The number of carbonyl (C=O) groups is 1. The van der Waals surface area contributed by atoms with Crippen molar-refractivity contribution in [1.82, 2.24) is 15.1 Å². The summed E-state index contributed by atoms with van der Waals surface area (Å²) in [5.74, 6) is 0.462. The lowest BCUT2D eigenvalue weighted by molar-refractivity contribution is 0.116. The Morgan fingerprint density at radius 2 is 1.82 bits per heavy atom. The molecule has 1 N–H and O–H groups in total. The predicted octanol–water partition coefficient (Wildman–Crippen LogP) is 4.01. The molecule has 28 heavy (non-hydrogen) atoms. The van der Waals surface area contributed by atoms with Crippen molar-refractivity contribution in [2.75, 3.05) is 24.5 Å². The fourth-order valence-corrected chi connectivity index (χ4v) is 3.79. The Kier molecular flexibility index (Phi) is 4.81. The molecular weight excluding hydrogens is 359 g/mol. The van der Waals surface area contributed by atoms with E-state index in [0.717, 1.165) is 28.6 Å². The zero-order valence-corrected chi connectivity index (χ0v) is 15.5. The molecule has 1 amide bonds. The van der Waals surface area contributed by atoms with Crippen LogP contribution in [0.4, 0.5) is 15.0 Å². The molecule has 1 fully saturated rings. The summed E-state index contributed by atoms with van der Waals surface area (Å²) in [5.41, 5.74) is 1.51. The number of nitrogens with zero attached hydrogens (tertiary/aromatic N) is 4. The maximum atomic E-state index is 13.3. The van der Waals surface area contributed by atoms with E-state index in [0.29, 0.717) is 25.3 Å². The summed E-state index contributed by atoms with van der Waals surface area (Å²) in [6.07, 6.45) is -0.143. The van der Waals surface area contributed by atoms with Gasteiger partial charge >= 0.3 is 6.09 Å². The summed E-state index contributed by atoms with van der Waals surface area (Å²) in [4.78, 5) is 15.1. The van der Waals surface area contributed by atoms with Crippen LogP contribution >= 0.6 is 0 Å². The van der Waals surface area contributed by atoms with Gasteiger partial charge < -0.3 is 14.9 Å². The van der Waals surface area contributed by atoms with Gasteiger partial charge in [0.2, 0.25) is 0 Å². The van der Waals surface area contributed by atoms with Gasteiger partial charge in [0, 0.05) is 36.0 Å². The lowest BCUT2D eigenvalue weighted by Gasteiger charge is -2.40. The highest BCUT2D eigenvalue weighted by Crippen LogP contribution is 2.32. The first kappa shape index (κ1) is 18.2. The van der Waals surface area contributed by atoms with Crippen LogP contribution in [0.25, 0.3) is 22.0 Å². The smallest absolute Gasteiger partial charge is 0.407 e. The van der Waals surface area contributed by atoms with Crippen molar-refractivity contribution in [2.24, 2.45) is 0 Å². The number of anilines is 1. The summed E-state index contributed by atoms with van der Waals surface area (Å²) >= 11 is 0. The molecule has 0 radical (unpaired) electrons. The van der Waals surface area contributed by atoms with Gasteiger partial charge in [0.05, 0.1) is 6.04 Å². The van der Waals surface area contributed by atoms with E-state index in [2.05, 4.69) is 15.1 Å². The Labute approximate surface area is 162 Å². The normalized spacial score (nSPS) is 17.1. The first-order valence-electron chi connectivity index (χ1n) is 9.34. The quantitative estimate of drug-likeness (QED) is 0.743. The van der Waals surface area contributed by atoms with Crippen molar-refractivity contribution >= 4 is 22.7 Å². The zero-order chi connectivity index (χ0) is 19.7. The average Bonchev–Trinajstić information content (AvgIpc) is 2.73. The topological polar surface area (TPSA) is 69.6 Å². The SMILES string of the molecule is CCC1CN(c2nnc(-c3ccc(F)cc3)c3ccccc23)CCN1C(=O)O. The van der Waals surface area contributed by atoms with Gasteiger partial charge in [-0.15, -0.1) is 10.2 Å². The Balaban J connectivity index is 1.74. The molecular formula is C21H21FN4O2. The van der Waals surface area contributed by atoms with Crippen LogP contribution in [-0.2, 0) is 0 Å². The highest BCUT2D eigenvalue weighted by molar-refractivity contribution is 6.00. The molecule has 1 aliphatic heterocycles. The fourth-order valence-electron chi connectivity index (χ4n) is 3.79. The molecule has 1 aromatic heterocycles. The molecule has 144 valence electrons. The lowest BCUT2D eigenvalue weighted by atomic mass is 10.0. The molecule has 0 bridgehead atoms. The first-order valence-corrected chi connectivity index (χ1v) is 9.34. The number of rotatable bonds is 3. The highest BCUT2D eigenvalue weighted by Gasteiger charge is 2.30. The number of halogens is 1. The van der Waals surface area contributed by atoms with Crippen LogP contribution in [0.5, 0.6) is 0 Å². The van der Waals surface area contributed by atoms with Gasteiger partial charge in [0.15, 0.2) is 5.82 Å². The van der Waals surface area contributed by atoms with E-state index in [1.54, 1.807) is 12.1 Å². The third-order valence-corrected chi connectivity index (χ3v) is 5.28. The van der Waals surface area contributed by atoms with Crippen molar-refractivity contribution in [1.29, 1.82) is 0 Å². The van der Waals surface area contributed by atoms with Crippen LogP contribution in [0, 0.1) is 5.82 Å². The van der Waals surface area contributed by atoms with E-state index in [1.807, 2.05) is 31.2 Å². The summed E-state index contributed by atoms with van der Waals surface area (Å²) in [6.45, 7) is 3.57. The molecule has 1 aliphatic rings. The predicted molar refractivity (Wildman–Crippen MR) is 106 cm³/mol. The van der Waals surface area contributed by atoms with Crippen LogP contribution in [0.15, 0.2) is 48.5 Å². The van der Waals surface area contributed by atoms with Crippen LogP contribution in [0.3, 0.4) is 0 Å². The molecule has 1 saturated heterocycles. The van der Waals surface area contributed by atoms with E-state index in [4.69, 9.17) is 0 Å². The number of benzene rings is 2. The summed E-state index contributed by atoms with van der Waals surface area (Å²) < 4.78 is 13.3. The number of carboxylic acid groups (broad SMARTS) is 1. The van der Waals surface area contributed by atoms with Crippen molar-refractivity contribution < 1.29 is 14.3 Å². The minimum Gasteiger partial charge on any atom is -0.465 e. The molecule has 3 aromatic rings. The Bertz CT molecular complexity index is 1010. The van der Waals surface area contributed by atoms with Gasteiger partial charge in [-0.25, -0.2) is 9.18 Å². The van der Waals surface area contributed by atoms with Gasteiger partial charge in [-0.2, -0.15) is 0 Å². The highest BCUT2D eigenvalue weighted by atomic mass is 19.1. The number of amides is 1. The van der Waals surface area contributed by atoms with E-state index in [-0.39, 0.29) is 11.9 Å². The van der Waals surface area contributed by atoms with Crippen molar-refractivity contribution in [3.63, 3.8) is 0 Å². The molecule has 1 atom stereocenters. The van der Waals surface area contributed by atoms with E-state index in [9.17, 15) is 14.3 Å². The number of aromatic nitrogens is 2. The first-order chi connectivity index (χ1) is 13.6. The van der Waals surface area contributed by atoms with Crippen LogP contribution in [-0.4, -0.2) is 52.0 Å². The minimum atomic E-state index is -0.880. The van der Waals surface area contributed by atoms with Crippen LogP contribution in [0.1, 0.15) is 13.3 Å².